The van der Waals surface area contributed by atoms with E-state index < -0.39 is 0 Å². The van der Waals surface area contributed by atoms with Gasteiger partial charge in [-0.1, -0.05) is 59.6 Å². The largest absolute Gasteiger partial charge is 0.319 e. The van der Waals surface area contributed by atoms with Gasteiger partial charge in [-0.3, -0.25) is 4.90 Å². The summed E-state index contributed by atoms with van der Waals surface area (Å²) >= 11 is 12.3. The zero-order valence-corrected chi connectivity index (χ0v) is 14.8. The van der Waals surface area contributed by atoms with E-state index in [2.05, 4.69) is 46.6 Å². The van der Waals surface area contributed by atoms with E-state index in [0.29, 0.717) is 21.9 Å². The number of nitrogens with one attached hydrogen (secondary N) is 1. The molecule has 0 aromatic heterocycles. The fourth-order valence-corrected chi connectivity index (χ4v) is 3.83. The SMILES string of the molecule is CNC[C@H]1CN(Cc2ccccc2)C[C@@H]1c1ccc(Cl)c(Cl)c1. The average molecular weight is 349 g/mol. The van der Waals surface area contributed by atoms with Gasteiger partial charge in [-0.2, -0.15) is 0 Å². The summed E-state index contributed by atoms with van der Waals surface area (Å²) in [5.41, 5.74) is 2.65. The predicted octanol–water partition coefficient (Wildman–Crippen LogP) is 4.43. The molecule has 0 saturated carbocycles. The quantitative estimate of drug-likeness (QED) is 0.859. The molecule has 0 unspecified atom stereocenters. The van der Waals surface area contributed by atoms with Crippen molar-refractivity contribution >= 4 is 23.2 Å². The number of likely N-dealkylation sites (tertiary alicyclic amines) is 1. The van der Waals surface area contributed by atoms with Crippen LogP contribution < -0.4 is 5.32 Å². The number of nitrogens with zero attached hydrogens (tertiary/aromatic N) is 1. The maximum atomic E-state index is 6.22. The Morgan fingerprint density at radius 2 is 1.83 bits per heavy atom. The molecule has 1 aliphatic rings. The molecular weight excluding hydrogens is 327 g/mol. The van der Waals surface area contributed by atoms with E-state index in [0.717, 1.165) is 26.2 Å². The van der Waals surface area contributed by atoms with Crippen LogP contribution in [-0.4, -0.2) is 31.6 Å². The first-order valence-corrected chi connectivity index (χ1v) is 8.79. The van der Waals surface area contributed by atoms with Gasteiger partial charge in [0.15, 0.2) is 0 Å². The summed E-state index contributed by atoms with van der Waals surface area (Å²) in [6.45, 7) is 4.16. The van der Waals surface area contributed by atoms with Crippen LogP contribution in [0.2, 0.25) is 10.0 Å². The highest BCUT2D eigenvalue weighted by Gasteiger charge is 2.33. The van der Waals surface area contributed by atoms with E-state index in [9.17, 15) is 0 Å². The maximum absolute atomic E-state index is 6.22. The lowest BCUT2D eigenvalue weighted by Crippen LogP contribution is -2.25. The Labute approximate surface area is 148 Å². The zero-order chi connectivity index (χ0) is 16.2. The molecule has 23 heavy (non-hydrogen) atoms. The molecule has 0 amide bonds. The van der Waals surface area contributed by atoms with Gasteiger partial charge in [0.1, 0.15) is 0 Å². The Kier molecular flexibility index (Phi) is 5.60. The number of halogens is 2. The zero-order valence-electron chi connectivity index (χ0n) is 13.3. The second-order valence-electron chi connectivity index (χ2n) is 6.28. The Morgan fingerprint density at radius 1 is 1.04 bits per heavy atom. The van der Waals surface area contributed by atoms with Crippen LogP contribution in [0, 0.1) is 5.92 Å². The van der Waals surface area contributed by atoms with Gasteiger partial charge in [-0.15, -0.1) is 0 Å². The maximum Gasteiger partial charge on any atom is 0.0595 e. The Morgan fingerprint density at radius 3 is 2.52 bits per heavy atom. The first-order chi connectivity index (χ1) is 11.2. The average Bonchev–Trinajstić information content (AvgIpc) is 2.94. The molecule has 1 N–H and O–H groups in total. The molecule has 2 aromatic carbocycles. The van der Waals surface area contributed by atoms with E-state index in [4.69, 9.17) is 23.2 Å². The van der Waals surface area contributed by atoms with Gasteiger partial charge in [-0.25, -0.2) is 0 Å². The van der Waals surface area contributed by atoms with Gasteiger partial charge in [0.2, 0.25) is 0 Å². The molecule has 122 valence electrons. The van der Waals surface area contributed by atoms with Gasteiger partial charge in [0, 0.05) is 25.6 Å². The van der Waals surface area contributed by atoms with Crippen LogP contribution in [0.1, 0.15) is 17.0 Å². The summed E-state index contributed by atoms with van der Waals surface area (Å²) in [4.78, 5) is 2.53. The monoisotopic (exact) mass is 348 g/mol. The van der Waals surface area contributed by atoms with Crippen LogP contribution >= 0.6 is 23.2 Å². The molecule has 2 nitrogen and oxygen atoms in total. The highest BCUT2D eigenvalue weighted by atomic mass is 35.5. The van der Waals surface area contributed by atoms with Crippen molar-refractivity contribution in [3.8, 4) is 0 Å². The van der Waals surface area contributed by atoms with Crippen molar-refractivity contribution in [3.05, 3.63) is 69.7 Å². The summed E-state index contributed by atoms with van der Waals surface area (Å²) in [5, 5.41) is 4.61. The normalized spacial score (nSPS) is 21.7. The lowest BCUT2D eigenvalue weighted by Gasteiger charge is -2.19. The van der Waals surface area contributed by atoms with Crippen molar-refractivity contribution < 1.29 is 0 Å². The molecule has 1 fully saturated rings. The van der Waals surface area contributed by atoms with Gasteiger partial charge in [0.05, 0.1) is 10.0 Å². The molecule has 2 aromatic rings. The van der Waals surface area contributed by atoms with Crippen molar-refractivity contribution in [2.45, 2.75) is 12.5 Å². The first kappa shape index (κ1) is 16.8. The van der Waals surface area contributed by atoms with Crippen molar-refractivity contribution in [3.63, 3.8) is 0 Å². The van der Waals surface area contributed by atoms with Crippen molar-refractivity contribution in [2.75, 3.05) is 26.7 Å². The van der Waals surface area contributed by atoms with Crippen LogP contribution in [-0.2, 0) is 6.54 Å². The summed E-state index contributed by atoms with van der Waals surface area (Å²) in [6.07, 6.45) is 0. The Hall–Kier alpha value is -1.06. The summed E-state index contributed by atoms with van der Waals surface area (Å²) < 4.78 is 0. The third kappa shape index (κ3) is 4.07. The highest BCUT2D eigenvalue weighted by Crippen LogP contribution is 2.35. The fraction of sp³-hybridized carbons (Fsp3) is 0.368. The molecule has 0 aliphatic carbocycles. The van der Waals surface area contributed by atoms with Crippen LogP contribution in [0.4, 0.5) is 0 Å². The van der Waals surface area contributed by atoms with E-state index in [-0.39, 0.29) is 0 Å². The van der Waals surface area contributed by atoms with Gasteiger partial charge in [0.25, 0.3) is 0 Å². The lowest BCUT2D eigenvalue weighted by atomic mass is 9.89. The minimum Gasteiger partial charge on any atom is -0.319 e. The van der Waals surface area contributed by atoms with Crippen LogP contribution in [0.5, 0.6) is 0 Å². The summed E-state index contributed by atoms with van der Waals surface area (Å²) in [5.74, 6) is 1.07. The number of hydrogen-bond acceptors (Lipinski definition) is 2. The Balaban J connectivity index is 1.76. The minimum absolute atomic E-state index is 0.487. The molecular formula is C19H22Cl2N2. The van der Waals surface area contributed by atoms with Crippen molar-refractivity contribution in [2.24, 2.45) is 5.92 Å². The number of rotatable bonds is 5. The second-order valence-corrected chi connectivity index (χ2v) is 7.09. The molecule has 1 heterocycles. The standard InChI is InChI=1S/C19H22Cl2N2/c1-22-10-16-12-23(11-14-5-3-2-4-6-14)13-17(16)15-7-8-18(20)19(21)9-15/h2-9,16-17,22H,10-13H2,1H3/t16-,17+/m0/s1. The summed E-state index contributed by atoms with van der Waals surface area (Å²) in [7, 11) is 2.02. The van der Waals surface area contributed by atoms with E-state index in [1.807, 2.05) is 19.2 Å². The highest BCUT2D eigenvalue weighted by molar-refractivity contribution is 6.42. The number of hydrogen-bond donors (Lipinski definition) is 1. The molecule has 1 saturated heterocycles. The first-order valence-electron chi connectivity index (χ1n) is 8.03. The third-order valence-electron chi connectivity index (χ3n) is 4.60. The molecule has 4 heteroatoms. The molecule has 0 radical (unpaired) electrons. The van der Waals surface area contributed by atoms with Crippen molar-refractivity contribution in [1.29, 1.82) is 0 Å². The molecule has 1 aliphatic heterocycles. The van der Waals surface area contributed by atoms with Gasteiger partial charge < -0.3 is 5.32 Å². The lowest BCUT2D eigenvalue weighted by molar-refractivity contribution is 0.315. The molecule has 2 atom stereocenters. The van der Waals surface area contributed by atoms with Gasteiger partial charge >= 0.3 is 0 Å². The minimum atomic E-state index is 0.487. The fourth-order valence-electron chi connectivity index (χ4n) is 3.52. The third-order valence-corrected chi connectivity index (χ3v) is 5.34. The van der Waals surface area contributed by atoms with Crippen LogP contribution in [0.25, 0.3) is 0 Å². The van der Waals surface area contributed by atoms with Crippen LogP contribution in [0.15, 0.2) is 48.5 Å². The molecule has 0 bridgehead atoms. The molecule has 0 spiro atoms. The smallest absolute Gasteiger partial charge is 0.0595 e. The van der Waals surface area contributed by atoms with Gasteiger partial charge in [-0.05, 0) is 42.8 Å². The topological polar surface area (TPSA) is 15.3 Å². The van der Waals surface area contributed by atoms with Crippen molar-refractivity contribution in [1.82, 2.24) is 10.2 Å². The number of benzene rings is 2. The van der Waals surface area contributed by atoms with E-state index in [1.54, 1.807) is 0 Å². The van der Waals surface area contributed by atoms with E-state index >= 15 is 0 Å². The molecule has 3 rings (SSSR count). The second kappa shape index (κ2) is 7.67. The van der Waals surface area contributed by atoms with E-state index in [1.165, 1.54) is 11.1 Å². The predicted molar refractivity (Wildman–Crippen MR) is 98.3 cm³/mol. The Bertz CT molecular complexity index is 645. The summed E-state index contributed by atoms with van der Waals surface area (Å²) in [6, 6.07) is 16.7. The van der Waals surface area contributed by atoms with Crippen LogP contribution in [0.3, 0.4) is 0 Å².